The van der Waals surface area contributed by atoms with Crippen molar-refractivity contribution in [2.24, 2.45) is 11.7 Å². The van der Waals surface area contributed by atoms with Gasteiger partial charge in [0, 0.05) is 25.6 Å². The minimum atomic E-state index is -1.49. The van der Waals surface area contributed by atoms with Gasteiger partial charge in [-0.3, -0.25) is 4.79 Å². The fourth-order valence-electron chi connectivity index (χ4n) is 2.16. The van der Waals surface area contributed by atoms with E-state index in [0.29, 0.717) is 12.8 Å². The summed E-state index contributed by atoms with van der Waals surface area (Å²) in [5.74, 6) is -2.09. The molecule has 0 aromatic rings. The average Bonchev–Trinajstić information content (AvgIpc) is 2.38. The summed E-state index contributed by atoms with van der Waals surface area (Å²) in [4.78, 5) is 35.1. The number of nitrogens with zero attached hydrogens (tertiary/aromatic N) is 1. The number of rotatable bonds is 5. The predicted octanol–water partition coefficient (Wildman–Crippen LogP) is -0.883. The average molecular weight is 287 g/mol. The van der Waals surface area contributed by atoms with Crippen LogP contribution in [-0.2, 0) is 9.59 Å². The van der Waals surface area contributed by atoms with E-state index in [2.05, 4.69) is 5.32 Å². The number of hydrogen-bond donors (Lipinski definition) is 4. The second-order valence-corrected chi connectivity index (χ2v) is 5.05. The Morgan fingerprint density at radius 1 is 1.40 bits per heavy atom. The standard InChI is InChI=1S/C12H21N3O5/c1-7-2-3-8(10(13)17)6-15(7)12(20)14-5-4-9(16)11(18)19/h7-9,16H,2-6H2,1H3,(H2,13,17)(H,14,20)(H,18,19)/t7?,8?,9-/m0/s1. The first kappa shape index (κ1) is 16.2. The third-order valence-electron chi connectivity index (χ3n) is 3.52. The Balaban J connectivity index is 2.44. The normalized spacial score (nSPS) is 24.0. The molecule has 3 amide bonds. The van der Waals surface area contributed by atoms with Crippen LogP contribution in [0.4, 0.5) is 4.79 Å². The summed E-state index contributed by atoms with van der Waals surface area (Å²) in [6.45, 7) is 2.20. The summed E-state index contributed by atoms with van der Waals surface area (Å²) >= 11 is 0. The highest BCUT2D eigenvalue weighted by atomic mass is 16.4. The van der Waals surface area contributed by atoms with Gasteiger partial charge in [-0.05, 0) is 19.8 Å². The lowest BCUT2D eigenvalue weighted by Gasteiger charge is -2.36. The number of hydrogen-bond acceptors (Lipinski definition) is 4. The largest absolute Gasteiger partial charge is 0.479 e. The molecule has 20 heavy (non-hydrogen) atoms. The zero-order valence-electron chi connectivity index (χ0n) is 11.4. The molecule has 0 bridgehead atoms. The number of carbonyl (C=O) groups is 3. The molecule has 1 aliphatic rings. The van der Waals surface area contributed by atoms with E-state index >= 15 is 0 Å². The SMILES string of the molecule is CC1CCC(C(N)=O)CN1C(=O)NCC[C@H](O)C(=O)O. The molecule has 0 spiro atoms. The highest BCUT2D eigenvalue weighted by molar-refractivity contribution is 5.79. The maximum atomic E-state index is 12.0. The van der Waals surface area contributed by atoms with Gasteiger partial charge in [0.1, 0.15) is 0 Å². The van der Waals surface area contributed by atoms with Gasteiger partial charge >= 0.3 is 12.0 Å². The van der Waals surface area contributed by atoms with Crippen LogP contribution in [0, 0.1) is 5.92 Å². The quantitative estimate of drug-likeness (QED) is 0.521. The summed E-state index contributed by atoms with van der Waals surface area (Å²) in [6, 6.07) is -0.379. The number of urea groups is 1. The molecule has 1 rings (SSSR count). The van der Waals surface area contributed by atoms with Crippen LogP contribution in [0.2, 0.25) is 0 Å². The summed E-state index contributed by atoms with van der Waals surface area (Å²) in [7, 11) is 0. The summed E-state index contributed by atoms with van der Waals surface area (Å²) in [6.07, 6.45) is -0.202. The van der Waals surface area contributed by atoms with E-state index in [4.69, 9.17) is 15.9 Å². The van der Waals surface area contributed by atoms with Gasteiger partial charge in [0.2, 0.25) is 5.91 Å². The zero-order chi connectivity index (χ0) is 15.3. The van der Waals surface area contributed by atoms with Crippen LogP contribution in [0.5, 0.6) is 0 Å². The monoisotopic (exact) mass is 287 g/mol. The van der Waals surface area contributed by atoms with Gasteiger partial charge in [0.05, 0.1) is 5.92 Å². The maximum Gasteiger partial charge on any atom is 0.332 e. The molecule has 0 aliphatic carbocycles. The van der Waals surface area contributed by atoms with Gasteiger partial charge < -0.3 is 26.2 Å². The van der Waals surface area contributed by atoms with Crippen molar-refractivity contribution in [3.63, 3.8) is 0 Å². The molecule has 1 heterocycles. The smallest absolute Gasteiger partial charge is 0.332 e. The molecule has 1 fully saturated rings. The van der Waals surface area contributed by atoms with Crippen LogP contribution >= 0.6 is 0 Å². The van der Waals surface area contributed by atoms with Crippen molar-refractivity contribution < 1.29 is 24.6 Å². The molecule has 2 unspecified atom stereocenters. The zero-order valence-corrected chi connectivity index (χ0v) is 11.4. The maximum absolute atomic E-state index is 12.0. The molecule has 1 aliphatic heterocycles. The van der Waals surface area contributed by atoms with Gasteiger partial charge in [0.15, 0.2) is 6.10 Å². The first-order chi connectivity index (χ1) is 9.32. The van der Waals surface area contributed by atoms with Crippen LogP contribution in [0.15, 0.2) is 0 Å². The van der Waals surface area contributed by atoms with Crippen molar-refractivity contribution in [1.29, 1.82) is 0 Å². The fraction of sp³-hybridized carbons (Fsp3) is 0.750. The Morgan fingerprint density at radius 3 is 2.60 bits per heavy atom. The Morgan fingerprint density at radius 2 is 2.05 bits per heavy atom. The first-order valence-corrected chi connectivity index (χ1v) is 6.57. The lowest BCUT2D eigenvalue weighted by Crippen LogP contribution is -2.52. The number of carboxylic acid groups (broad SMARTS) is 1. The van der Waals surface area contributed by atoms with Crippen LogP contribution < -0.4 is 11.1 Å². The second kappa shape index (κ2) is 7.09. The van der Waals surface area contributed by atoms with Crippen molar-refractivity contribution in [2.75, 3.05) is 13.1 Å². The Kier molecular flexibility index (Phi) is 5.75. The van der Waals surface area contributed by atoms with Crippen molar-refractivity contribution in [3.05, 3.63) is 0 Å². The van der Waals surface area contributed by atoms with E-state index in [1.54, 1.807) is 0 Å². The first-order valence-electron chi connectivity index (χ1n) is 6.57. The number of aliphatic hydroxyl groups is 1. The Labute approximate surface area is 116 Å². The molecule has 8 heteroatoms. The number of carboxylic acids is 1. The molecule has 114 valence electrons. The number of primary amides is 1. The second-order valence-electron chi connectivity index (χ2n) is 5.05. The van der Waals surface area contributed by atoms with Crippen molar-refractivity contribution in [1.82, 2.24) is 10.2 Å². The predicted molar refractivity (Wildman–Crippen MR) is 69.7 cm³/mol. The van der Waals surface area contributed by atoms with E-state index in [1.165, 1.54) is 4.90 Å². The number of nitrogens with one attached hydrogen (secondary N) is 1. The van der Waals surface area contributed by atoms with E-state index in [9.17, 15) is 14.4 Å². The minimum Gasteiger partial charge on any atom is -0.479 e. The van der Waals surface area contributed by atoms with Crippen LogP contribution in [-0.4, -0.2) is 58.3 Å². The third-order valence-corrected chi connectivity index (χ3v) is 3.52. The molecular weight excluding hydrogens is 266 g/mol. The topological polar surface area (TPSA) is 133 Å². The Hall–Kier alpha value is -1.83. The number of carbonyl (C=O) groups excluding carboxylic acids is 2. The van der Waals surface area contributed by atoms with E-state index in [1.807, 2.05) is 6.92 Å². The summed E-state index contributed by atoms with van der Waals surface area (Å²) in [5, 5.41) is 20.1. The van der Waals surface area contributed by atoms with Gasteiger partial charge in [-0.2, -0.15) is 0 Å². The van der Waals surface area contributed by atoms with E-state index < -0.39 is 18.0 Å². The molecule has 8 nitrogen and oxygen atoms in total. The highest BCUT2D eigenvalue weighted by Crippen LogP contribution is 2.21. The molecule has 0 saturated carbocycles. The molecule has 0 aromatic carbocycles. The number of aliphatic hydroxyl groups excluding tert-OH is 1. The molecule has 1 saturated heterocycles. The van der Waals surface area contributed by atoms with E-state index in [-0.39, 0.29) is 37.5 Å². The number of likely N-dealkylation sites (tertiary alicyclic amines) is 1. The van der Waals surface area contributed by atoms with Gasteiger partial charge in [-0.15, -0.1) is 0 Å². The van der Waals surface area contributed by atoms with Crippen molar-refractivity contribution in [3.8, 4) is 0 Å². The molecule has 0 radical (unpaired) electrons. The fourth-order valence-corrected chi connectivity index (χ4v) is 2.16. The molecule has 5 N–H and O–H groups in total. The van der Waals surface area contributed by atoms with Crippen LogP contribution in [0.3, 0.4) is 0 Å². The lowest BCUT2D eigenvalue weighted by molar-refractivity contribution is -0.146. The molecular formula is C12H21N3O5. The third kappa shape index (κ3) is 4.37. The van der Waals surface area contributed by atoms with Gasteiger partial charge in [-0.25, -0.2) is 9.59 Å². The van der Waals surface area contributed by atoms with Crippen molar-refractivity contribution in [2.45, 2.75) is 38.3 Å². The summed E-state index contributed by atoms with van der Waals surface area (Å²) < 4.78 is 0. The molecule has 0 aromatic heterocycles. The summed E-state index contributed by atoms with van der Waals surface area (Å²) in [5.41, 5.74) is 5.25. The van der Waals surface area contributed by atoms with Gasteiger partial charge in [0.25, 0.3) is 0 Å². The molecule has 3 atom stereocenters. The van der Waals surface area contributed by atoms with Crippen molar-refractivity contribution >= 4 is 17.9 Å². The van der Waals surface area contributed by atoms with Crippen LogP contribution in [0.25, 0.3) is 0 Å². The Bertz CT molecular complexity index is 387. The number of nitrogens with two attached hydrogens (primary N) is 1. The number of aliphatic carboxylic acids is 1. The number of amides is 3. The van der Waals surface area contributed by atoms with E-state index in [0.717, 1.165) is 0 Å². The number of piperidine rings is 1. The highest BCUT2D eigenvalue weighted by Gasteiger charge is 2.31. The lowest BCUT2D eigenvalue weighted by atomic mass is 9.93. The van der Waals surface area contributed by atoms with Crippen LogP contribution in [0.1, 0.15) is 26.2 Å². The van der Waals surface area contributed by atoms with Gasteiger partial charge in [-0.1, -0.05) is 0 Å². The minimum absolute atomic E-state index is 0.00463.